The molecule has 1 aromatic rings. The molecule has 0 aromatic heterocycles. The number of likely N-dealkylation sites (N-methyl/N-ethyl adjacent to an activating group) is 1. The van der Waals surface area contributed by atoms with Gasteiger partial charge in [0, 0.05) is 32.2 Å². The Balaban J connectivity index is 2.03. The monoisotopic (exact) mass is 419 g/mol. The number of morpholine rings is 1. The van der Waals surface area contributed by atoms with E-state index in [0.717, 1.165) is 57.6 Å². The Hall–Kier alpha value is -1.83. The van der Waals surface area contributed by atoms with Crippen molar-refractivity contribution in [3.05, 3.63) is 29.8 Å². The van der Waals surface area contributed by atoms with Gasteiger partial charge in [0.2, 0.25) is 0 Å². The number of rotatable bonds is 10. The number of aliphatic imine (C=N–C) groups is 1. The molecule has 1 heterocycles. The maximum Gasteiger partial charge on any atom is 0.191 e. The molecule has 1 aromatic carbocycles. The molecule has 7 nitrogen and oxygen atoms in total. The molecule has 2 rings (SSSR count). The summed E-state index contributed by atoms with van der Waals surface area (Å²) in [7, 11) is 5.90. The highest BCUT2D eigenvalue weighted by molar-refractivity contribution is 5.79. The molecule has 7 heteroatoms. The highest BCUT2D eigenvalue weighted by atomic mass is 16.5. The summed E-state index contributed by atoms with van der Waals surface area (Å²) in [6.45, 7) is 12.7. The first-order chi connectivity index (χ1) is 14.5. The van der Waals surface area contributed by atoms with Gasteiger partial charge in [-0.25, -0.2) is 0 Å². The summed E-state index contributed by atoms with van der Waals surface area (Å²) in [6, 6.07) is 8.95. The standard InChI is InChI=1S/C23H41N5O2/c1-7-24-23(25-16-21(18(2)3)28-12-14-30-15-13-28)26-17-22(27(4)5)19-8-10-20(29-6)11-9-19/h8-11,18,21-22H,7,12-17H2,1-6H3,(H2,24,25,26). The van der Waals surface area contributed by atoms with Crippen molar-refractivity contribution in [1.82, 2.24) is 20.4 Å². The molecule has 0 saturated carbocycles. The van der Waals surface area contributed by atoms with Crippen LogP contribution in [0.4, 0.5) is 0 Å². The summed E-state index contributed by atoms with van der Waals surface area (Å²) in [5, 5.41) is 6.95. The van der Waals surface area contributed by atoms with Gasteiger partial charge in [0.25, 0.3) is 0 Å². The Bertz CT molecular complexity index is 627. The van der Waals surface area contributed by atoms with Gasteiger partial charge in [0.1, 0.15) is 5.75 Å². The third-order valence-electron chi connectivity index (χ3n) is 5.65. The van der Waals surface area contributed by atoms with Crippen LogP contribution in [0, 0.1) is 5.92 Å². The van der Waals surface area contributed by atoms with E-state index >= 15 is 0 Å². The van der Waals surface area contributed by atoms with Crippen LogP contribution in [-0.2, 0) is 4.74 Å². The molecule has 1 aliphatic rings. The lowest BCUT2D eigenvalue weighted by molar-refractivity contribution is 0.00867. The second kappa shape index (κ2) is 12.8. The highest BCUT2D eigenvalue weighted by Crippen LogP contribution is 2.20. The Morgan fingerprint density at radius 3 is 2.37 bits per heavy atom. The van der Waals surface area contributed by atoms with E-state index in [4.69, 9.17) is 14.5 Å². The molecule has 2 N–H and O–H groups in total. The molecule has 0 bridgehead atoms. The smallest absolute Gasteiger partial charge is 0.191 e. The van der Waals surface area contributed by atoms with Gasteiger partial charge in [-0.3, -0.25) is 9.89 Å². The van der Waals surface area contributed by atoms with Gasteiger partial charge >= 0.3 is 0 Å². The van der Waals surface area contributed by atoms with Crippen molar-refractivity contribution in [2.75, 3.05) is 67.1 Å². The molecular weight excluding hydrogens is 378 g/mol. The molecular formula is C23H41N5O2. The molecule has 0 amide bonds. The zero-order valence-electron chi connectivity index (χ0n) is 19.6. The maximum atomic E-state index is 5.52. The van der Waals surface area contributed by atoms with Gasteiger partial charge in [-0.15, -0.1) is 0 Å². The predicted molar refractivity (Wildman–Crippen MR) is 124 cm³/mol. The van der Waals surface area contributed by atoms with E-state index < -0.39 is 0 Å². The fraction of sp³-hybridized carbons (Fsp3) is 0.696. The van der Waals surface area contributed by atoms with E-state index in [1.165, 1.54) is 5.56 Å². The van der Waals surface area contributed by atoms with E-state index in [9.17, 15) is 0 Å². The predicted octanol–water partition coefficient (Wildman–Crippen LogP) is 2.21. The van der Waals surface area contributed by atoms with Crippen LogP contribution in [0.5, 0.6) is 5.75 Å². The van der Waals surface area contributed by atoms with Crippen molar-refractivity contribution in [1.29, 1.82) is 0 Å². The lowest BCUT2D eigenvalue weighted by Gasteiger charge is -2.36. The minimum atomic E-state index is 0.236. The van der Waals surface area contributed by atoms with Crippen LogP contribution < -0.4 is 15.4 Å². The second-order valence-electron chi connectivity index (χ2n) is 8.31. The molecule has 0 spiro atoms. The zero-order chi connectivity index (χ0) is 21.9. The van der Waals surface area contributed by atoms with Crippen LogP contribution in [0.25, 0.3) is 0 Å². The molecule has 170 valence electrons. The molecule has 1 fully saturated rings. The molecule has 2 unspecified atom stereocenters. The van der Waals surface area contributed by atoms with Gasteiger partial charge in [0.15, 0.2) is 5.96 Å². The number of nitrogens with one attached hydrogen (secondary N) is 2. The van der Waals surface area contributed by atoms with E-state index in [1.807, 2.05) is 12.1 Å². The topological polar surface area (TPSA) is 61.4 Å². The van der Waals surface area contributed by atoms with Crippen molar-refractivity contribution >= 4 is 5.96 Å². The summed E-state index contributed by atoms with van der Waals surface area (Å²) in [5.41, 5.74) is 1.25. The SMILES string of the molecule is CCNC(=NCC(C(C)C)N1CCOCC1)NCC(c1ccc(OC)cc1)N(C)C. The quantitative estimate of drug-likeness (QED) is 0.448. The molecule has 1 saturated heterocycles. The maximum absolute atomic E-state index is 5.52. The van der Waals surface area contributed by atoms with Crippen LogP contribution in [0.1, 0.15) is 32.4 Å². The minimum Gasteiger partial charge on any atom is -0.497 e. The van der Waals surface area contributed by atoms with Crippen LogP contribution >= 0.6 is 0 Å². The number of hydrogen-bond acceptors (Lipinski definition) is 5. The van der Waals surface area contributed by atoms with E-state index in [-0.39, 0.29) is 6.04 Å². The van der Waals surface area contributed by atoms with E-state index in [2.05, 4.69) is 67.4 Å². The molecule has 0 radical (unpaired) electrons. The summed E-state index contributed by atoms with van der Waals surface area (Å²) in [5.74, 6) is 2.29. The van der Waals surface area contributed by atoms with Crippen molar-refractivity contribution in [3.63, 3.8) is 0 Å². The zero-order valence-corrected chi connectivity index (χ0v) is 19.6. The van der Waals surface area contributed by atoms with Crippen molar-refractivity contribution < 1.29 is 9.47 Å². The largest absolute Gasteiger partial charge is 0.497 e. The Kier molecular flexibility index (Phi) is 10.4. The number of ether oxygens (including phenoxy) is 2. The second-order valence-corrected chi connectivity index (χ2v) is 8.31. The van der Waals surface area contributed by atoms with Gasteiger partial charge in [-0.1, -0.05) is 26.0 Å². The fourth-order valence-corrected chi connectivity index (χ4v) is 3.80. The summed E-state index contributed by atoms with van der Waals surface area (Å²) >= 11 is 0. The first kappa shape index (κ1) is 24.4. The average Bonchev–Trinajstić information content (AvgIpc) is 2.74. The molecule has 1 aliphatic heterocycles. The third-order valence-corrected chi connectivity index (χ3v) is 5.65. The third kappa shape index (κ3) is 7.45. The number of benzene rings is 1. The summed E-state index contributed by atoms with van der Waals surface area (Å²) in [4.78, 5) is 9.68. The van der Waals surface area contributed by atoms with Gasteiger partial charge < -0.3 is 25.0 Å². The molecule has 0 aliphatic carbocycles. The first-order valence-corrected chi connectivity index (χ1v) is 11.1. The van der Waals surface area contributed by atoms with Crippen LogP contribution in [-0.4, -0.2) is 88.9 Å². The number of guanidine groups is 1. The van der Waals surface area contributed by atoms with Crippen molar-refractivity contribution in [3.8, 4) is 5.75 Å². The Labute approximate surface area is 182 Å². The van der Waals surface area contributed by atoms with Crippen LogP contribution in [0.2, 0.25) is 0 Å². The Morgan fingerprint density at radius 1 is 1.17 bits per heavy atom. The van der Waals surface area contributed by atoms with Gasteiger partial charge in [0.05, 0.1) is 32.9 Å². The first-order valence-electron chi connectivity index (χ1n) is 11.1. The van der Waals surface area contributed by atoms with Crippen LogP contribution in [0.3, 0.4) is 0 Å². The Morgan fingerprint density at radius 2 is 1.83 bits per heavy atom. The number of hydrogen-bond donors (Lipinski definition) is 2. The van der Waals surface area contributed by atoms with E-state index in [0.29, 0.717) is 12.0 Å². The van der Waals surface area contributed by atoms with E-state index in [1.54, 1.807) is 7.11 Å². The fourth-order valence-electron chi connectivity index (χ4n) is 3.80. The molecule has 30 heavy (non-hydrogen) atoms. The molecule has 2 atom stereocenters. The number of nitrogens with zero attached hydrogens (tertiary/aromatic N) is 3. The van der Waals surface area contributed by atoms with Crippen molar-refractivity contribution in [2.24, 2.45) is 10.9 Å². The number of methoxy groups -OCH3 is 1. The highest BCUT2D eigenvalue weighted by Gasteiger charge is 2.23. The minimum absolute atomic E-state index is 0.236. The van der Waals surface area contributed by atoms with Crippen LogP contribution in [0.15, 0.2) is 29.3 Å². The average molecular weight is 420 g/mol. The summed E-state index contributed by atoms with van der Waals surface area (Å²) in [6.07, 6.45) is 0. The lowest BCUT2D eigenvalue weighted by atomic mass is 10.0. The normalized spacial score (nSPS) is 17.8. The van der Waals surface area contributed by atoms with Gasteiger partial charge in [-0.05, 0) is 44.6 Å². The summed E-state index contributed by atoms with van der Waals surface area (Å²) < 4.78 is 10.8. The lowest BCUT2D eigenvalue weighted by Crippen LogP contribution is -2.48. The van der Waals surface area contributed by atoms with Crippen molar-refractivity contribution in [2.45, 2.75) is 32.9 Å². The van der Waals surface area contributed by atoms with Gasteiger partial charge in [-0.2, -0.15) is 0 Å².